The van der Waals surface area contributed by atoms with E-state index in [4.69, 9.17) is 9.47 Å². The van der Waals surface area contributed by atoms with Gasteiger partial charge in [0.25, 0.3) is 0 Å². The fourth-order valence-corrected chi connectivity index (χ4v) is 4.94. The number of fused-ring (bicyclic) bond motifs is 2. The van der Waals surface area contributed by atoms with E-state index in [1.54, 1.807) is 22.6 Å². The van der Waals surface area contributed by atoms with Crippen LogP contribution in [0.5, 0.6) is 11.5 Å². The van der Waals surface area contributed by atoms with Gasteiger partial charge in [0.05, 0.1) is 17.8 Å². The number of hydrogen-bond acceptors (Lipinski definition) is 7. The highest BCUT2D eigenvalue weighted by Crippen LogP contribution is 2.35. The molecule has 0 saturated heterocycles. The summed E-state index contributed by atoms with van der Waals surface area (Å²) in [7, 11) is 0. The number of thioether (sulfide) groups is 1. The minimum absolute atomic E-state index is 0.00206. The number of amides is 1. The predicted molar refractivity (Wildman–Crippen MR) is 123 cm³/mol. The third-order valence-electron chi connectivity index (χ3n) is 4.87. The lowest BCUT2D eigenvalue weighted by Gasteiger charge is -2.25. The van der Waals surface area contributed by atoms with E-state index in [9.17, 15) is 4.79 Å². The first-order valence-electron chi connectivity index (χ1n) is 9.83. The van der Waals surface area contributed by atoms with E-state index >= 15 is 0 Å². The number of nitrogens with zero attached hydrogens (tertiary/aromatic N) is 3. The van der Waals surface area contributed by atoms with Crippen LogP contribution >= 0.6 is 23.1 Å². The number of benzene rings is 2. The number of thiophene rings is 1. The smallest absolute Gasteiger partial charge is 0.237 e. The molecule has 1 aliphatic heterocycles. The molecule has 0 atom stereocenters. The second-order valence-corrected chi connectivity index (χ2v) is 8.87. The van der Waals surface area contributed by atoms with E-state index in [-0.39, 0.29) is 11.7 Å². The number of aromatic nitrogens is 2. The van der Waals surface area contributed by atoms with Gasteiger partial charge < -0.3 is 14.4 Å². The number of carbonyl (C=O) groups excluding carboxylic acids is 1. The standard InChI is InChI=1S/C23H19N3O3S2/c27-22(14-31-23-18-5-1-2-6-19(18)24-15-25-23)26(13-17-4-3-11-30-17)16-7-8-20-21(12-16)29-10-9-28-20/h1-8,11-12,15H,9-10,13-14H2. The third-order valence-corrected chi connectivity index (χ3v) is 6.72. The number of hydrogen-bond donors (Lipinski definition) is 0. The average Bonchev–Trinajstić information content (AvgIpc) is 3.34. The van der Waals surface area contributed by atoms with E-state index in [1.807, 2.05) is 60.0 Å². The number of anilines is 1. The van der Waals surface area contributed by atoms with Crippen LogP contribution in [0.25, 0.3) is 10.9 Å². The SMILES string of the molecule is O=C(CSc1ncnc2ccccc12)N(Cc1cccs1)c1ccc2c(c1)OCCO2. The fraction of sp³-hybridized carbons (Fsp3) is 0.174. The maximum atomic E-state index is 13.3. The van der Waals surface area contributed by atoms with Gasteiger partial charge >= 0.3 is 0 Å². The van der Waals surface area contributed by atoms with Gasteiger partial charge in [-0.3, -0.25) is 4.79 Å². The van der Waals surface area contributed by atoms with Crippen molar-refractivity contribution in [2.24, 2.45) is 0 Å². The largest absolute Gasteiger partial charge is 0.486 e. The van der Waals surface area contributed by atoms with Crippen LogP contribution in [0, 0.1) is 0 Å². The van der Waals surface area contributed by atoms with Crippen LogP contribution in [0.4, 0.5) is 5.69 Å². The van der Waals surface area contributed by atoms with Crippen molar-refractivity contribution in [3.63, 3.8) is 0 Å². The van der Waals surface area contributed by atoms with Crippen LogP contribution in [0.15, 0.2) is 71.3 Å². The molecular weight excluding hydrogens is 430 g/mol. The van der Waals surface area contributed by atoms with E-state index in [0.29, 0.717) is 31.3 Å². The quantitative estimate of drug-likeness (QED) is 0.312. The summed E-state index contributed by atoms with van der Waals surface area (Å²) in [5.74, 6) is 1.64. The molecule has 0 spiro atoms. The highest BCUT2D eigenvalue weighted by atomic mass is 32.2. The highest BCUT2D eigenvalue weighted by Gasteiger charge is 2.21. The minimum atomic E-state index is -0.00206. The molecule has 0 fully saturated rings. The topological polar surface area (TPSA) is 64.6 Å². The highest BCUT2D eigenvalue weighted by molar-refractivity contribution is 8.00. The van der Waals surface area contributed by atoms with E-state index < -0.39 is 0 Å². The van der Waals surface area contributed by atoms with Gasteiger partial charge in [-0.2, -0.15) is 0 Å². The number of carbonyl (C=O) groups is 1. The van der Waals surface area contributed by atoms with Crippen molar-refractivity contribution < 1.29 is 14.3 Å². The van der Waals surface area contributed by atoms with Crippen molar-refractivity contribution in [1.29, 1.82) is 0 Å². The van der Waals surface area contributed by atoms with Crippen molar-refractivity contribution in [3.05, 3.63) is 71.2 Å². The molecule has 31 heavy (non-hydrogen) atoms. The van der Waals surface area contributed by atoms with Crippen LogP contribution in [0.3, 0.4) is 0 Å². The van der Waals surface area contributed by atoms with Gasteiger partial charge in [0.15, 0.2) is 11.5 Å². The Hall–Kier alpha value is -3.10. The molecule has 2 aromatic heterocycles. The Balaban J connectivity index is 1.40. The van der Waals surface area contributed by atoms with Crippen LogP contribution in [0.1, 0.15) is 4.88 Å². The van der Waals surface area contributed by atoms with Crippen molar-refractivity contribution in [1.82, 2.24) is 9.97 Å². The van der Waals surface area contributed by atoms with Gasteiger partial charge in [-0.05, 0) is 29.6 Å². The van der Waals surface area contributed by atoms with Gasteiger partial charge in [-0.15, -0.1) is 11.3 Å². The van der Waals surface area contributed by atoms with Gasteiger partial charge in [0.2, 0.25) is 5.91 Å². The molecule has 2 aromatic carbocycles. The molecule has 1 aliphatic rings. The number of rotatable bonds is 6. The molecule has 0 radical (unpaired) electrons. The molecule has 0 unspecified atom stereocenters. The zero-order valence-electron chi connectivity index (χ0n) is 16.6. The van der Waals surface area contributed by atoms with Gasteiger partial charge in [-0.25, -0.2) is 9.97 Å². The van der Waals surface area contributed by atoms with Gasteiger partial charge in [0, 0.05) is 22.0 Å². The lowest BCUT2D eigenvalue weighted by atomic mass is 10.2. The average molecular weight is 450 g/mol. The molecule has 0 bridgehead atoms. The second kappa shape index (κ2) is 8.95. The first-order valence-corrected chi connectivity index (χ1v) is 11.7. The van der Waals surface area contributed by atoms with E-state index in [0.717, 1.165) is 26.5 Å². The van der Waals surface area contributed by atoms with Crippen molar-refractivity contribution >= 4 is 45.6 Å². The molecule has 0 N–H and O–H groups in total. The molecule has 1 amide bonds. The fourth-order valence-electron chi connectivity index (χ4n) is 3.38. The zero-order chi connectivity index (χ0) is 21.0. The van der Waals surface area contributed by atoms with Crippen LogP contribution in [-0.2, 0) is 11.3 Å². The Morgan fingerprint density at radius 3 is 2.77 bits per heavy atom. The normalized spacial score (nSPS) is 12.6. The summed E-state index contributed by atoms with van der Waals surface area (Å²) in [6.07, 6.45) is 1.54. The molecule has 0 saturated carbocycles. The van der Waals surface area contributed by atoms with Crippen LogP contribution in [0.2, 0.25) is 0 Å². The molecule has 3 heterocycles. The van der Waals surface area contributed by atoms with Crippen molar-refractivity contribution in [3.8, 4) is 11.5 Å². The first-order chi connectivity index (χ1) is 15.3. The Morgan fingerprint density at radius 2 is 1.90 bits per heavy atom. The molecular formula is C23H19N3O3S2. The number of para-hydroxylation sites is 1. The lowest BCUT2D eigenvalue weighted by molar-refractivity contribution is -0.116. The van der Waals surface area contributed by atoms with E-state index in [2.05, 4.69) is 9.97 Å². The third kappa shape index (κ3) is 4.35. The molecule has 5 rings (SSSR count). The summed E-state index contributed by atoms with van der Waals surface area (Å²) < 4.78 is 11.4. The van der Waals surface area contributed by atoms with Gasteiger partial charge in [0.1, 0.15) is 24.6 Å². The molecule has 6 nitrogen and oxygen atoms in total. The van der Waals surface area contributed by atoms with Crippen LogP contribution in [-0.4, -0.2) is 34.8 Å². The van der Waals surface area contributed by atoms with E-state index in [1.165, 1.54) is 11.8 Å². The molecule has 0 aliphatic carbocycles. The Morgan fingerprint density at radius 1 is 1.03 bits per heavy atom. The summed E-state index contributed by atoms with van der Waals surface area (Å²) in [5, 5.41) is 3.77. The molecule has 8 heteroatoms. The summed E-state index contributed by atoms with van der Waals surface area (Å²) >= 11 is 3.06. The minimum Gasteiger partial charge on any atom is -0.486 e. The zero-order valence-corrected chi connectivity index (χ0v) is 18.2. The maximum Gasteiger partial charge on any atom is 0.237 e. The lowest BCUT2D eigenvalue weighted by Crippen LogP contribution is -2.31. The molecule has 4 aromatic rings. The summed E-state index contributed by atoms with van der Waals surface area (Å²) in [4.78, 5) is 24.9. The molecule has 156 valence electrons. The number of ether oxygens (including phenoxy) is 2. The Bertz CT molecular complexity index is 1210. The summed E-state index contributed by atoms with van der Waals surface area (Å²) in [6, 6.07) is 17.5. The summed E-state index contributed by atoms with van der Waals surface area (Å²) in [6.45, 7) is 1.54. The predicted octanol–water partition coefficient (Wildman–Crippen LogP) is 4.79. The Labute approximate surface area is 187 Å². The maximum absolute atomic E-state index is 13.3. The second-order valence-electron chi connectivity index (χ2n) is 6.87. The van der Waals surface area contributed by atoms with Crippen molar-refractivity contribution in [2.45, 2.75) is 11.6 Å². The monoisotopic (exact) mass is 449 g/mol. The Kier molecular flexibility index (Phi) is 5.73. The van der Waals surface area contributed by atoms with Crippen molar-refractivity contribution in [2.75, 3.05) is 23.9 Å². The van der Waals surface area contributed by atoms with Crippen LogP contribution < -0.4 is 14.4 Å². The first kappa shape index (κ1) is 19.8. The summed E-state index contributed by atoms with van der Waals surface area (Å²) in [5.41, 5.74) is 1.66. The van der Waals surface area contributed by atoms with Gasteiger partial charge in [-0.1, -0.05) is 36.0 Å².